The van der Waals surface area contributed by atoms with Gasteiger partial charge in [0.15, 0.2) is 0 Å². The topological polar surface area (TPSA) is 58.6 Å². The maximum absolute atomic E-state index is 13.5. The number of carbonyl (C=O) groups is 2. The first-order valence-corrected chi connectivity index (χ1v) is 8.70. The first kappa shape index (κ1) is 18.8. The fourth-order valence-corrected chi connectivity index (χ4v) is 2.96. The molecule has 1 heterocycles. The van der Waals surface area contributed by atoms with Crippen LogP contribution in [0.5, 0.6) is 0 Å². The maximum Gasteiger partial charge on any atom is 0.278 e. The summed E-state index contributed by atoms with van der Waals surface area (Å²) < 4.78 is 18.5. The lowest BCUT2D eigenvalue weighted by molar-refractivity contribution is -0.136. The van der Waals surface area contributed by atoms with Gasteiger partial charge in [0.1, 0.15) is 11.5 Å². The van der Waals surface area contributed by atoms with E-state index in [1.54, 1.807) is 19.2 Å². The van der Waals surface area contributed by atoms with Crippen molar-refractivity contribution in [3.8, 4) is 0 Å². The number of hydrogen-bond donors (Lipinski definition) is 1. The Bertz CT molecular complexity index is 891. The molecule has 0 saturated carbocycles. The van der Waals surface area contributed by atoms with E-state index in [-0.39, 0.29) is 18.1 Å². The van der Waals surface area contributed by atoms with Gasteiger partial charge in [0.2, 0.25) is 0 Å². The number of imide groups is 1. The maximum atomic E-state index is 13.5. The minimum atomic E-state index is -0.425. The Hall–Kier alpha value is -2.99. The minimum Gasteiger partial charge on any atom is -0.385 e. The van der Waals surface area contributed by atoms with E-state index in [1.807, 2.05) is 31.2 Å². The summed E-state index contributed by atoms with van der Waals surface area (Å²) in [6, 6.07) is 13.2. The molecule has 3 rings (SSSR count). The minimum absolute atomic E-state index is 0.159. The summed E-state index contributed by atoms with van der Waals surface area (Å²) in [6.07, 6.45) is 0.544. The number of anilines is 1. The molecule has 1 N–H and O–H groups in total. The summed E-state index contributed by atoms with van der Waals surface area (Å²) in [5.74, 6) is -1.21. The Morgan fingerprint density at radius 2 is 1.81 bits per heavy atom. The van der Waals surface area contributed by atoms with Gasteiger partial charge in [0, 0.05) is 25.9 Å². The molecule has 0 unspecified atom stereocenters. The van der Waals surface area contributed by atoms with Gasteiger partial charge in [-0.1, -0.05) is 35.9 Å². The molecule has 140 valence electrons. The largest absolute Gasteiger partial charge is 0.385 e. The first-order chi connectivity index (χ1) is 13.0. The number of ether oxygens (including phenoxy) is 1. The molecule has 2 aromatic rings. The summed E-state index contributed by atoms with van der Waals surface area (Å²) in [4.78, 5) is 27.1. The molecule has 0 atom stereocenters. The van der Waals surface area contributed by atoms with Gasteiger partial charge in [-0.2, -0.15) is 0 Å². The third-order valence-electron chi connectivity index (χ3n) is 4.33. The van der Waals surface area contributed by atoms with Crippen molar-refractivity contribution in [2.45, 2.75) is 13.3 Å². The van der Waals surface area contributed by atoms with E-state index in [4.69, 9.17) is 4.74 Å². The van der Waals surface area contributed by atoms with Crippen LogP contribution >= 0.6 is 0 Å². The van der Waals surface area contributed by atoms with Gasteiger partial charge in [-0.15, -0.1) is 0 Å². The highest BCUT2D eigenvalue weighted by molar-refractivity contribution is 6.36. The van der Waals surface area contributed by atoms with E-state index in [0.29, 0.717) is 29.9 Å². The Morgan fingerprint density at radius 3 is 2.48 bits per heavy atom. The lowest BCUT2D eigenvalue weighted by Crippen LogP contribution is -2.33. The molecule has 1 aliphatic heterocycles. The molecular weight excluding hydrogens is 347 g/mol. The molecule has 5 nitrogen and oxygen atoms in total. The molecule has 0 fully saturated rings. The number of hydrogen-bond acceptors (Lipinski definition) is 4. The molecule has 0 aromatic heterocycles. The van der Waals surface area contributed by atoms with Crippen molar-refractivity contribution in [1.82, 2.24) is 4.90 Å². The summed E-state index contributed by atoms with van der Waals surface area (Å²) in [7, 11) is 1.57. The Kier molecular flexibility index (Phi) is 5.66. The molecule has 0 bridgehead atoms. The van der Waals surface area contributed by atoms with E-state index < -0.39 is 11.7 Å². The number of aryl methyl sites for hydroxylation is 1. The van der Waals surface area contributed by atoms with Crippen LogP contribution in [0.2, 0.25) is 0 Å². The van der Waals surface area contributed by atoms with Crippen LogP contribution in [-0.2, 0) is 14.3 Å². The predicted molar refractivity (Wildman–Crippen MR) is 101 cm³/mol. The van der Waals surface area contributed by atoms with Gasteiger partial charge in [-0.05, 0) is 37.1 Å². The molecule has 27 heavy (non-hydrogen) atoms. The second kappa shape index (κ2) is 8.14. The number of rotatable bonds is 7. The normalized spacial score (nSPS) is 14.3. The fraction of sp³-hybridized carbons (Fsp3) is 0.238. The second-order valence-corrected chi connectivity index (χ2v) is 6.36. The molecular formula is C21H21FN2O3. The van der Waals surface area contributed by atoms with Crippen molar-refractivity contribution in [2.75, 3.05) is 25.6 Å². The van der Waals surface area contributed by atoms with Crippen molar-refractivity contribution in [1.29, 1.82) is 0 Å². The van der Waals surface area contributed by atoms with Gasteiger partial charge >= 0.3 is 0 Å². The monoisotopic (exact) mass is 368 g/mol. The third-order valence-corrected chi connectivity index (χ3v) is 4.33. The van der Waals surface area contributed by atoms with Gasteiger partial charge < -0.3 is 10.1 Å². The average Bonchev–Trinajstić information content (AvgIpc) is 2.87. The number of halogens is 1. The zero-order valence-corrected chi connectivity index (χ0v) is 15.3. The summed E-state index contributed by atoms with van der Waals surface area (Å²) in [6.45, 7) is 2.65. The third kappa shape index (κ3) is 4.06. The Balaban J connectivity index is 1.99. The quantitative estimate of drug-likeness (QED) is 0.601. The average molecular weight is 368 g/mol. The highest BCUT2D eigenvalue weighted by Crippen LogP contribution is 2.30. The second-order valence-electron chi connectivity index (χ2n) is 6.36. The number of nitrogens with zero attached hydrogens (tertiary/aromatic N) is 1. The zero-order valence-electron chi connectivity index (χ0n) is 15.3. The van der Waals surface area contributed by atoms with Crippen LogP contribution in [0, 0.1) is 12.7 Å². The van der Waals surface area contributed by atoms with Gasteiger partial charge in [0.25, 0.3) is 11.8 Å². The van der Waals surface area contributed by atoms with E-state index in [0.717, 1.165) is 5.56 Å². The van der Waals surface area contributed by atoms with Crippen molar-refractivity contribution < 1.29 is 18.7 Å². The van der Waals surface area contributed by atoms with Crippen molar-refractivity contribution in [3.63, 3.8) is 0 Å². The van der Waals surface area contributed by atoms with Crippen LogP contribution in [0.25, 0.3) is 5.57 Å². The van der Waals surface area contributed by atoms with Crippen molar-refractivity contribution in [2.24, 2.45) is 0 Å². The van der Waals surface area contributed by atoms with Crippen LogP contribution in [-0.4, -0.2) is 37.0 Å². The molecule has 1 aliphatic rings. The van der Waals surface area contributed by atoms with Crippen LogP contribution in [0.3, 0.4) is 0 Å². The predicted octanol–water partition coefficient (Wildman–Crippen LogP) is 3.36. The molecule has 2 amide bonds. The van der Waals surface area contributed by atoms with E-state index in [1.165, 1.54) is 17.0 Å². The van der Waals surface area contributed by atoms with Gasteiger partial charge in [-0.3, -0.25) is 14.5 Å². The van der Waals surface area contributed by atoms with E-state index in [9.17, 15) is 14.0 Å². The number of methoxy groups -OCH3 is 1. The van der Waals surface area contributed by atoms with E-state index in [2.05, 4.69) is 5.32 Å². The van der Waals surface area contributed by atoms with Gasteiger partial charge in [-0.25, -0.2) is 4.39 Å². The van der Waals surface area contributed by atoms with E-state index >= 15 is 0 Å². The molecule has 0 radical (unpaired) electrons. The number of nitrogens with one attached hydrogen (secondary N) is 1. The Labute approximate surface area is 157 Å². The highest BCUT2D eigenvalue weighted by atomic mass is 19.1. The number of benzene rings is 2. The lowest BCUT2D eigenvalue weighted by Gasteiger charge is -2.15. The molecule has 0 saturated heterocycles. The standard InChI is InChI=1S/C21H21FN2O3/c1-14-7-9-15(10-8-14)18-19(23-17-6-3-5-16(22)13-17)21(26)24(20(18)25)11-4-12-27-2/h3,5-10,13,23H,4,11-12H2,1-2H3. The van der Waals surface area contributed by atoms with Crippen LogP contribution in [0.15, 0.2) is 54.2 Å². The highest BCUT2D eigenvalue weighted by Gasteiger charge is 2.38. The summed E-state index contributed by atoms with van der Waals surface area (Å²) >= 11 is 0. The lowest BCUT2D eigenvalue weighted by atomic mass is 10.0. The number of carbonyl (C=O) groups excluding carboxylic acids is 2. The molecule has 0 aliphatic carbocycles. The van der Waals surface area contributed by atoms with Crippen LogP contribution in [0.1, 0.15) is 17.5 Å². The fourth-order valence-electron chi connectivity index (χ4n) is 2.96. The van der Waals surface area contributed by atoms with Crippen LogP contribution < -0.4 is 5.32 Å². The smallest absolute Gasteiger partial charge is 0.278 e. The summed E-state index contributed by atoms with van der Waals surface area (Å²) in [5.41, 5.74) is 2.56. The molecule has 2 aromatic carbocycles. The Morgan fingerprint density at radius 1 is 1.07 bits per heavy atom. The summed E-state index contributed by atoms with van der Waals surface area (Å²) in [5, 5.41) is 2.94. The molecule has 0 spiro atoms. The van der Waals surface area contributed by atoms with Crippen molar-refractivity contribution in [3.05, 3.63) is 71.2 Å². The first-order valence-electron chi connectivity index (χ1n) is 8.70. The van der Waals surface area contributed by atoms with Crippen molar-refractivity contribution >= 4 is 23.1 Å². The zero-order chi connectivity index (χ0) is 19.4. The molecule has 6 heteroatoms. The van der Waals surface area contributed by atoms with Crippen LogP contribution in [0.4, 0.5) is 10.1 Å². The number of amides is 2. The SMILES string of the molecule is COCCCN1C(=O)C(Nc2cccc(F)c2)=C(c2ccc(C)cc2)C1=O. The van der Waals surface area contributed by atoms with Gasteiger partial charge in [0.05, 0.1) is 5.57 Å².